The molecule has 1 aromatic carbocycles. The molecule has 1 amide bonds. The second-order valence-electron chi connectivity index (χ2n) is 3.71. The Morgan fingerprint density at radius 1 is 1.41 bits per heavy atom. The van der Waals surface area contributed by atoms with Crippen molar-refractivity contribution in [3.05, 3.63) is 23.8 Å². The Labute approximate surface area is 101 Å². The van der Waals surface area contributed by atoms with Gasteiger partial charge in [0.25, 0.3) is 5.91 Å². The number of carbonyl (C=O) groups excluding carboxylic acids is 1. The van der Waals surface area contributed by atoms with E-state index in [9.17, 15) is 4.79 Å². The Morgan fingerprint density at radius 2 is 2.18 bits per heavy atom. The van der Waals surface area contributed by atoms with E-state index in [1.54, 1.807) is 18.2 Å². The van der Waals surface area contributed by atoms with E-state index < -0.39 is 0 Å². The molecule has 0 fully saturated rings. The maximum Gasteiger partial charge on any atom is 0.255 e. The number of hydrogen-bond donors (Lipinski definition) is 3. The first-order valence-corrected chi connectivity index (χ1v) is 5.61. The summed E-state index contributed by atoms with van der Waals surface area (Å²) in [5.74, 6) is 0.334. The second kappa shape index (κ2) is 6.75. The third kappa shape index (κ3) is 3.96. The van der Waals surface area contributed by atoms with Crippen LogP contribution in [0.1, 0.15) is 23.2 Å². The third-order valence-corrected chi connectivity index (χ3v) is 2.39. The van der Waals surface area contributed by atoms with Crippen LogP contribution in [-0.2, 0) is 0 Å². The van der Waals surface area contributed by atoms with Gasteiger partial charge in [-0.2, -0.15) is 0 Å². The van der Waals surface area contributed by atoms with Gasteiger partial charge in [-0.3, -0.25) is 4.79 Å². The molecular weight excluding hydrogens is 218 g/mol. The molecule has 0 unspecified atom stereocenters. The highest BCUT2D eigenvalue weighted by atomic mass is 16.5. The summed E-state index contributed by atoms with van der Waals surface area (Å²) in [6, 6.07) is 4.97. The summed E-state index contributed by atoms with van der Waals surface area (Å²) in [5, 5.41) is 2.81. The predicted octanol–water partition coefficient (Wildman–Crippen LogP) is 0.746. The third-order valence-electron chi connectivity index (χ3n) is 2.39. The lowest BCUT2D eigenvalue weighted by atomic mass is 10.1. The van der Waals surface area contributed by atoms with Crippen molar-refractivity contribution < 1.29 is 9.53 Å². The minimum absolute atomic E-state index is 0.154. The maximum absolute atomic E-state index is 11.8. The second-order valence-corrected chi connectivity index (χ2v) is 3.71. The molecule has 5 heteroatoms. The lowest BCUT2D eigenvalue weighted by Gasteiger charge is -2.09. The quantitative estimate of drug-likeness (QED) is 0.503. The minimum atomic E-state index is -0.154. The highest BCUT2D eigenvalue weighted by Gasteiger charge is 2.11. The highest BCUT2D eigenvalue weighted by Crippen LogP contribution is 2.21. The van der Waals surface area contributed by atoms with Crippen molar-refractivity contribution in [1.29, 1.82) is 0 Å². The minimum Gasteiger partial charge on any atom is -0.496 e. The average molecular weight is 237 g/mol. The molecule has 0 atom stereocenters. The van der Waals surface area contributed by atoms with Crippen LogP contribution in [0, 0.1) is 0 Å². The molecule has 17 heavy (non-hydrogen) atoms. The van der Waals surface area contributed by atoms with E-state index >= 15 is 0 Å². The van der Waals surface area contributed by atoms with Gasteiger partial charge in [0.2, 0.25) is 0 Å². The normalized spacial score (nSPS) is 10.0. The van der Waals surface area contributed by atoms with Gasteiger partial charge in [-0.1, -0.05) is 0 Å². The zero-order chi connectivity index (χ0) is 12.7. The lowest BCUT2D eigenvalue weighted by molar-refractivity contribution is 0.0950. The first-order chi connectivity index (χ1) is 8.19. The van der Waals surface area contributed by atoms with Crippen molar-refractivity contribution in [2.75, 3.05) is 25.9 Å². The van der Waals surface area contributed by atoms with Gasteiger partial charge >= 0.3 is 0 Å². The standard InChI is InChI=1S/C12H19N3O2/c1-17-11-8-9(14)4-5-10(11)12(16)15-7-3-2-6-13/h4-5,8H,2-3,6-7,13-14H2,1H3,(H,15,16). The van der Waals surface area contributed by atoms with Crippen molar-refractivity contribution in [2.24, 2.45) is 5.73 Å². The van der Waals surface area contributed by atoms with Gasteiger partial charge < -0.3 is 21.5 Å². The van der Waals surface area contributed by atoms with Crippen LogP contribution in [0.5, 0.6) is 5.75 Å². The smallest absolute Gasteiger partial charge is 0.255 e. The first-order valence-electron chi connectivity index (χ1n) is 5.61. The highest BCUT2D eigenvalue weighted by molar-refractivity contribution is 5.97. The molecule has 0 bridgehead atoms. The van der Waals surface area contributed by atoms with Gasteiger partial charge in [-0.25, -0.2) is 0 Å². The molecule has 0 saturated heterocycles. The molecule has 1 rings (SSSR count). The average Bonchev–Trinajstić information content (AvgIpc) is 2.34. The number of benzene rings is 1. The van der Waals surface area contributed by atoms with Gasteiger partial charge in [-0.15, -0.1) is 0 Å². The van der Waals surface area contributed by atoms with E-state index in [-0.39, 0.29) is 5.91 Å². The number of methoxy groups -OCH3 is 1. The first kappa shape index (κ1) is 13.3. The number of hydrogen-bond acceptors (Lipinski definition) is 4. The summed E-state index contributed by atoms with van der Waals surface area (Å²) < 4.78 is 5.11. The van der Waals surface area contributed by atoms with Crippen molar-refractivity contribution in [2.45, 2.75) is 12.8 Å². The van der Waals surface area contributed by atoms with Gasteiger partial charge in [-0.05, 0) is 31.5 Å². The van der Waals surface area contributed by atoms with Crippen LogP contribution in [0.3, 0.4) is 0 Å². The number of anilines is 1. The molecule has 0 aliphatic carbocycles. The van der Waals surface area contributed by atoms with Gasteiger partial charge in [0.05, 0.1) is 12.7 Å². The van der Waals surface area contributed by atoms with Crippen LogP contribution in [0.15, 0.2) is 18.2 Å². The van der Waals surface area contributed by atoms with Gasteiger partial charge in [0, 0.05) is 18.3 Å². The number of nitrogens with two attached hydrogens (primary N) is 2. The van der Waals surface area contributed by atoms with Crippen LogP contribution in [0.25, 0.3) is 0 Å². The molecule has 1 aromatic rings. The molecule has 0 aliphatic rings. The molecule has 5 nitrogen and oxygen atoms in total. The van der Waals surface area contributed by atoms with Crippen LogP contribution >= 0.6 is 0 Å². The number of nitrogens with one attached hydrogen (secondary N) is 1. The molecule has 0 aliphatic heterocycles. The Kier molecular flexibility index (Phi) is 5.29. The number of ether oxygens (including phenoxy) is 1. The van der Waals surface area contributed by atoms with E-state index in [0.717, 1.165) is 12.8 Å². The Morgan fingerprint density at radius 3 is 2.82 bits per heavy atom. The zero-order valence-corrected chi connectivity index (χ0v) is 10.0. The number of unbranched alkanes of at least 4 members (excludes halogenated alkanes) is 1. The van der Waals surface area contributed by atoms with E-state index in [4.69, 9.17) is 16.2 Å². The van der Waals surface area contributed by atoms with Crippen LogP contribution < -0.4 is 21.5 Å². The fourth-order valence-corrected chi connectivity index (χ4v) is 1.46. The maximum atomic E-state index is 11.8. The van der Waals surface area contributed by atoms with Gasteiger partial charge in [0.1, 0.15) is 5.75 Å². The van der Waals surface area contributed by atoms with Crippen molar-refractivity contribution >= 4 is 11.6 Å². The van der Waals surface area contributed by atoms with Crippen molar-refractivity contribution in [3.63, 3.8) is 0 Å². The Bertz CT molecular complexity index is 380. The van der Waals surface area contributed by atoms with Crippen LogP contribution in [0.4, 0.5) is 5.69 Å². The molecule has 5 N–H and O–H groups in total. The zero-order valence-electron chi connectivity index (χ0n) is 10.0. The summed E-state index contributed by atoms with van der Waals surface area (Å²) in [6.45, 7) is 1.25. The molecule has 94 valence electrons. The fraction of sp³-hybridized carbons (Fsp3) is 0.417. The van der Waals surface area contributed by atoms with Crippen molar-refractivity contribution in [1.82, 2.24) is 5.32 Å². The van der Waals surface area contributed by atoms with E-state index in [2.05, 4.69) is 5.32 Å². The summed E-state index contributed by atoms with van der Waals surface area (Å²) in [7, 11) is 1.51. The monoisotopic (exact) mass is 237 g/mol. The lowest BCUT2D eigenvalue weighted by Crippen LogP contribution is -2.25. The van der Waals surface area contributed by atoms with Gasteiger partial charge in [0.15, 0.2) is 0 Å². The molecule has 0 aromatic heterocycles. The molecule has 0 saturated carbocycles. The fourth-order valence-electron chi connectivity index (χ4n) is 1.46. The summed E-state index contributed by atoms with van der Waals surface area (Å²) in [5.41, 5.74) is 12.1. The SMILES string of the molecule is COc1cc(N)ccc1C(=O)NCCCCN. The van der Waals surface area contributed by atoms with Crippen LogP contribution in [0.2, 0.25) is 0 Å². The number of amides is 1. The van der Waals surface area contributed by atoms with E-state index in [1.165, 1.54) is 7.11 Å². The molecule has 0 radical (unpaired) electrons. The van der Waals surface area contributed by atoms with E-state index in [0.29, 0.717) is 30.1 Å². The van der Waals surface area contributed by atoms with Crippen LogP contribution in [-0.4, -0.2) is 26.1 Å². The molecular formula is C12H19N3O2. The summed E-state index contributed by atoms with van der Waals surface area (Å²) >= 11 is 0. The molecule has 0 heterocycles. The number of nitrogen functional groups attached to an aromatic ring is 1. The Balaban J connectivity index is 2.62. The summed E-state index contributed by atoms with van der Waals surface area (Å²) in [4.78, 5) is 11.8. The molecule has 0 spiro atoms. The van der Waals surface area contributed by atoms with Crippen molar-refractivity contribution in [3.8, 4) is 5.75 Å². The topological polar surface area (TPSA) is 90.4 Å². The number of carbonyl (C=O) groups is 1. The summed E-state index contributed by atoms with van der Waals surface area (Å²) in [6.07, 6.45) is 1.78. The predicted molar refractivity (Wildman–Crippen MR) is 68.0 cm³/mol. The number of rotatable bonds is 6. The largest absolute Gasteiger partial charge is 0.496 e. The van der Waals surface area contributed by atoms with E-state index in [1.807, 2.05) is 0 Å². The Hall–Kier alpha value is -1.75.